The number of nitrogens with zero attached hydrogens (tertiary/aromatic N) is 4. The van der Waals surface area contributed by atoms with Crippen LogP contribution in [0.5, 0.6) is 0 Å². The number of anilines is 1. The quantitative estimate of drug-likeness (QED) is 0.596. The van der Waals surface area contributed by atoms with Gasteiger partial charge in [-0.25, -0.2) is 8.42 Å². The smallest absolute Gasteiger partial charge is 0.261 e. The van der Waals surface area contributed by atoms with Gasteiger partial charge in [-0.3, -0.25) is 4.72 Å². The van der Waals surface area contributed by atoms with E-state index in [-0.39, 0.29) is 4.90 Å². The number of rotatable bonds is 4. The van der Waals surface area contributed by atoms with Crippen LogP contribution in [0.25, 0.3) is 15.5 Å². The minimum absolute atomic E-state index is 0.224. The van der Waals surface area contributed by atoms with Gasteiger partial charge < -0.3 is 0 Å². The van der Waals surface area contributed by atoms with E-state index in [1.165, 1.54) is 17.7 Å². The number of aromatic nitrogens is 4. The van der Waals surface area contributed by atoms with Gasteiger partial charge in [-0.1, -0.05) is 41.2 Å². The molecule has 0 saturated heterocycles. The third-order valence-electron chi connectivity index (χ3n) is 3.58. The molecule has 0 aliphatic heterocycles. The zero-order valence-corrected chi connectivity index (χ0v) is 14.8. The number of aryl methyl sites for hydroxylation is 1. The van der Waals surface area contributed by atoms with E-state index in [1.54, 1.807) is 47.0 Å². The SMILES string of the molecule is Cc1ccc(S(=O)(=O)Nc2cccc(-c3nn4cnnc4s3)c2)cc1. The molecule has 0 amide bonds. The number of hydrogen-bond acceptors (Lipinski definition) is 6. The van der Waals surface area contributed by atoms with E-state index in [2.05, 4.69) is 20.0 Å². The summed E-state index contributed by atoms with van der Waals surface area (Å²) in [7, 11) is -3.64. The second-order valence-electron chi connectivity index (χ2n) is 5.46. The molecule has 0 saturated carbocycles. The monoisotopic (exact) mass is 371 g/mol. The molecule has 126 valence electrons. The molecular formula is C16H13N5O2S2. The number of fused-ring (bicyclic) bond motifs is 1. The molecule has 0 unspecified atom stereocenters. The lowest BCUT2D eigenvalue weighted by Gasteiger charge is -2.09. The molecule has 1 N–H and O–H groups in total. The second-order valence-corrected chi connectivity index (χ2v) is 8.10. The molecule has 0 radical (unpaired) electrons. The fourth-order valence-electron chi connectivity index (χ4n) is 2.32. The van der Waals surface area contributed by atoms with Crippen LogP contribution in [-0.2, 0) is 10.0 Å². The molecule has 2 heterocycles. The molecular weight excluding hydrogens is 358 g/mol. The Morgan fingerprint density at radius 3 is 2.68 bits per heavy atom. The Morgan fingerprint density at radius 2 is 1.92 bits per heavy atom. The number of benzene rings is 2. The standard InChI is InChI=1S/C16H13N5O2S2/c1-11-5-7-14(8-6-11)25(22,23)20-13-4-2-3-12(9-13)15-19-21-10-17-18-16(21)24-15/h2-10,20H,1H3. The fourth-order valence-corrected chi connectivity index (χ4v) is 4.19. The molecule has 9 heteroatoms. The van der Waals surface area contributed by atoms with Gasteiger partial charge >= 0.3 is 0 Å². The number of hydrogen-bond donors (Lipinski definition) is 1. The van der Waals surface area contributed by atoms with Gasteiger partial charge in [-0.15, -0.1) is 10.2 Å². The zero-order valence-electron chi connectivity index (χ0n) is 13.1. The maximum absolute atomic E-state index is 12.5. The third-order valence-corrected chi connectivity index (χ3v) is 5.94. The highest BCUT2D eigenvalue weighted by Gasteiger charge is 2.15. The lowest BCUT2D eigenvalue weighted by Crippen LogP contribution is -2.12. The maximum atomic E-state index is 12.5. The summed E-state index contributed by atoms with van der Waals surface area (Å²) in [6, 6.07) is 13.8. The van der Waals surface area contributed by atoms with Crippen molar-refractivity contribution in [2.45, 2.75) is 11.8 Å². The van der Waals surface area contributed by atoms with E-state index in [1.807, 2.05) is 13.0 Å². The van der Waals surface area contributed by atoms with Gasteiger partial charge in [0.1, 0.15) is 11.3 Å². The van der Waals surface area contributed by atoms with Crippen molar-refractivity contribution in [3.8, 4) is 10.6 Å². The van der Waals surface area contributed by atoms with E-state index in [0.717, 1.165) is 16.1 Å². The highest BCUT2D eigenvalue weighted by Crippen LogP contribution is 2.27. The normalized spacial score (nSPS) is 11.7. The Kier molecular flexibility index (Phi) is 3.74. The van der Waals surface area contributed by atoms with Crippen molar-refractivity contribution in [2.75, 3.05) is 4.72 Å². The molecule has 4 aromatic rings. The topological polar surface area (TPSA) is 89.2 Å². The van der Waals surface area contributed by atoms with Crippen molar-refractivity contribution in [1.29, 1.82) is 0 Å². The summed E-state index contributed by atoms with van der Waals surface area (Å²) in [5.41, 5.74) is 2.29. The van der Waals surface area contributed by atoms with Crippen LogP contribution in [0.15, 0.2) is 59.8 Å². The lowest BCUT2D eigenvalue weighted by atomic mass is 10.2. The first-order valence-electron chi connectivity index (χ1n) is 7.38. The summed E-state index contributed by atoms with van der Waals surface area (Å²) >= 11 is 1.38. The Morgan fingerprint density at radius 1 is 1.12 bits per heavy atom. The average Bonchev–Trinajstić information content (AvgIpc) is 3.17. The molecule has 0 atom stereocenters. The molecule has 4 rings (SSSR count). The van der Waals surface area contributed by atoms with Gasteiger partial charge in [0.05, 0.1) is 4.90 Å². The molecule has 0 aliphatic rings. The summed E-state index contributed by atoms with van der Waals surface area (Å²) < 4.78 is 29.2. The van der Waals surface area contributed by atoms with Crippen molar-refractivity contribution in [2.24, 2.45) is 0 Å². The van der Waals surface area contributed by atoms with Crippen LogP contribution in [0.3, 0.4) is 0 Å². The molecule has 0 spiro atoms. The van der Waals surface area contributed by atoms with Crippen LogP contribution < -0.4 is 4.72 Å². The van der Waals surface area contributed by atoms with Gasteiger partial charge in [-0.2, -0.15) is 9.61 Å². The summed E-state index contributed by atoms with van der Waals surface area (Å²) in [6.07, 6.45) is 1.53. The molecule has 0 bridgehead atoms. The average molecular weight is 371 g/mol. The van der Waals surface area contributed by atoms with E-state index in [4.69, 9.17) is 0 Å². The van der Waals surface area contributed by atoms with Gasteiger partial charge in [0.15, 0.2) is 0 Å². The van der Waals surface area contributed by atoms with E-state index in [0.29, 0.717) is 10.6 Å². The first-order valence-corrected chi connectivity index (χ1v) is 9.68. The Hall–Kier alpha value is -2.78. The fraction of sp³-hybridized carbons (Fsp3) is 0.0625. The van der Waals surface area contributed by atoms with Crippen molar-refractivity contribution in [3.63, 3.8) is 0 Å². The van der Waals surface area contributed by atoms with E-state index >= 15 is 0 Å². The number of sulfonamides is 1. The highest BCUT2D eigenvalue weighted by atomic mass is 32.2. The first kappa shape index (κ1) is 15.7. The Labute approximate surface area is 148 Å². The van der Waals surface area contributed by atoms with Gasteiger partial charge in [0, 0.05) is 11.3 Å². The van der Waals surface area contributed by atoms with Gasteiger partial charge in [0.2, 0.25) is 4.96 Å². The van der Waals surface area contributed by atoms with Crippen LogP contribution in [0.2, 0.25) is 0 Å². The maximum Gasteiger partial charge on any atom is 0.261 e. The predicted molar refractivity (Wildman–Crippen MR) is 96.1 cm³/mol. The minimum Gasteiger partial charge on any atom is -0.280 e. The Balaban J connectivity index is 1.65. The van der Waals surface area contributed by atoms with Crippen molar-refractivity contribution in [3.05, 3.63) is 60.4 Å². The molecule has 2 aromatic carbocycles. The molecule has 0 fully saturated rings. The molecule has 2 aromatic heterocycles. The van der Waals surface area contributed by atoms with Crippen LogP contribution in [-0.4, -0.2) is 28.2 Å². The number of nitrogens with one attached hydrogen (secondary N) is 1. The second kappa shape index (κ2) is 5.94. The lowest BCUT2D eigenvalue weighted by molar-refractivity contribution is 0.601. The van der Waals surface area contributed by atoms with Crippen LogP contribution >= 0.6 is 11.3 Å². The van der Waals surface area contributed by atoms with E-state index in [9.17, 15) is 8.42 Å². The van der Waals surface area contributed by atoms with Crippen LogP contribution in [0.4, 0.5) is 5.69 Å². The van der Waals surface area contributed by atoms with Crippen molar-refractivity contribution >= 4 is 32.0 Å². The third kappa shape index (κ3) is 3.11. The highest BCUT2D eigenvalue weighted by molar-refractivity contribution is 7.92. The van der Waals surface area contributed by atoms with Crippen LogP contribution in [0, 0.1) is 6.92 Å². The summed E-state index contributed by atoms with van der Waals surface area (Å²) in [5, 5.41) is 12.8. The van der Waals surface area contributed by atoms with Gasteiger partial charge in [0.25, 0.3) is 10.0 Å². The minimum atomic E-state index is -3.64. The zero-order chi connectivity index (χ0) is 17.4. The molecule has 0 aliphatic carbocycles. The van der Waals surface area contributed by atoms with Crippen LogP contribution in [0.1, 0.15) is 5.56 Å². The first-order chi connectivity index (χ1) is 12.0. The largest absolute Gasteiger partial charge is 0.280 e. The van der Waals surface area contributed by atoms with Crippen molar-refractivity contribution < 1.29 is 8.42 Å². The molecule has 7 nitrogen and oxygen atoms in total. The summed E-state index contributed by atoms with van der Waals surface area (Å²) in [4.78, 5) is 0.905. The van der Waals surface area contributed by atoms with Gasteiger partial charge in [-0.05, 0) is 31.2 Å². The predicted octanol–water partition coefficient (Wildman–Crippen LogP) is 2.96. The summed E-state index contributed by atoms with van der Waals surface area (Å²) in [6.45, 7) is 1.91. The Bertz CT molecular complexity index is 1120. The van der Waals surface area contributed by atoms with Crippen molar-refractivity contribution in [1.82, 2.24) is 19.8 Å². The molecule has 25 heavy (non-hydrogen) atoms. The summed E-state index contributed by atoms with van der Waals surface area (Å²) in [5.74, 6) is 0. The van der Waals surface area contributed by atoms with E-state index < -0.39 is 10.0 Å².